The summed E-state index contributed by atoms with van der Waals surface area (Å²) >= 11 is 6.16. The van der Waals surface area contributed by atoms with E-state index in [1.165, 1.54) is 18.2 Å². The molecule has 0 fully saturated rings. The van der Waals surface area contributed by atoms with E-state index in [2.05, 4.69) is 5.32 Å². The van der Waals surface area contributed by atoms with Gasteiger partial charge in [-0.3, -0.25) is 9.10 Å². The Balaban J connectivity index is 2.33. The first-order chi connectivity index (χ1) is 13.0. The quantitative estimate of drug-likeness (QED) is 0.721. The molecule has 0 aromatic heterocycles. The van der Waals surface area contributed by atoms with Crippen LogP contribution in [0.15, 0.2) is 42.5 Å². The molecule has 0 radical (unpaired) electrons. The molecule has 1 amide bonds. The molecule has 2 aromatic carbocycles. The zero-order valence-corrected chi connectivity index (χ0v) is 17.8. The van der Waals surface area contributed by atoms with Gasteiger partial charge in [0.05, 0.1) is 18.0 Å². The standard InChI is InChI=1S/C20H24ClFN2O3S/c1-5-19(20(25)23-14(3)15-7-9-16(22)10-8-15)24(28(4,26)27)17-11-6-13(2)18(21)12-17/h6-12,14,19H,5H2,1-4H3,(H,23,25)/t14-,19-/m1/s1. The molecule has 0 aliphatic rings. The Morgan fingerprint density at radius 2 is 1.82 bits per heavy atom. The number of aryl methyl sites for hydroxylation is 1. The molecule has 0 unspecified atom stereocenters. The molecule has 8 heteroatoms. The van der Waals surface area contributed by atoms with Crippen LogP contribution in [-0.2, 0) is 14.8 Å². The molecule has 0 spiro atoms. The molecular formula is C20H24ClFN2O3S. The third-order valence-corrected chi connectivity index (χ3v) is 6.06. The molecule has 2 atom stereocenters. The van der Waals surface area contributed by atoms with Crippen LogP contribution in [0.5, 0.6) is 0 Å². The van der Waals surface area contributed by atoms with Crippen LogP contribution < -0.4 is 9.62 Å². The Kier molecular flexibility index (Phi) is 7.06. The predicted molar refractivity (Wildman–Crippen MR) is 111 cm³/mol. The molecule has 0 aliphatic heterocycles. The van der Waals surface area contributed by atoms with Crippen molar-refractivity contribution in [1.82, 2.24) is 5.32 Å². The van der Waals surface area contributed by atoms with Gasteiger partial charge in [-0.25, -0.2) is 12.8 Å². The van der Waals surface area contributed by atoms with E-state index in [-0.39, 0.29) is 12.2 Å². The van der Waals surface area contributed by atoms with E-state index < -0.39 is 28.0 Å². The minimum absolute atomic E-state index is 0.264. The summed E-state index contributed by atoms with van der Waals surface area (Å²) in [5.41, 5.74) is 1.85. The van der Waals surface area contributed by atoms with Crippen molar-refractivity contribution in [2.45, 2.75) is 39.3 Å². The van der Waals surface area contributed by atoms with E-state index in [1.54, 1.807) is 38.1 Å². The van der Waals surface area contributed by atoms with E-state index in [4.69, 9.17) is 11.6 Å². The fourth-order valence-corrected chi connectivity index (χ4v) is 4.30. The van der Waals surface area contributed by atoms with Crippen LogP contribution in [0.25, 0.3) is 0 Å². The number of rotatable bonds is 7. The van der Waals surface area contributed by atoms with Crippen LogP contribution in [-0.4, -0.2) is 26.6 Å². The van der Waals surface area contributed by atoms with Crippen LogP contribution in [0.4, 0.5) is 10.1 Å². The van der Waals surface area contributed by atoms with Crippen molar-refractivity contribution in [3.8, 4) is 0 Å². The van der Waals surface area contributed by atoms with Gasteiger partial charge in [0.15, 0.2) is 0 Å². The lowest BCUT2D eigenvalue weighted by Gasteiger charge is -2.31. The largest absolute Gasteiger partial charge is 0.348 e. The van der Waals surface area contributed by atoms with Gasteiger partial charge in [-0.2, -0.15) is 0 Å². The van der Waals surface area contributed by atoms with Crippen molar-refractivity contribution in [3.63, 3.8) is 0 Å². The zero-order chi connectivity index (χ0) is 21.1. The molecule has 0 aliphatic carbocycles. The molecule has 0 saturated carbocycles. The number of carbonyl (C=O) groups is 1. The minimum atomic E-state index is -3.75. The predicted octanol–water partition coefficient (Wildman–Crippen LogP) is 4.21. The average molecular weight is 427 g/mol. The molecule has 0 heterocycles. The first kappa shape index (κ1) is 22.2. The van der Waals surface area contributed by atoms with E-state index in [0.717, 1.165) is 16.1 Å². The number of carbonyl (C=O) groups excluding carboxylic acids is 1. The normalized spacial score (nSPS) is 13.6. The summed E-state index contributed by atoms with van der Waals surface area (Å²) < 4.78 is 39.2. The minimum Gasteiger partial charge on any atom is -0.348 e. The number of sulfonamides is 1. The van der Waals surface area contributed by atoms with Gasteiger partial charge in [-0.1, -0.05) is 36.7 Å². The molecule has 5 nitrogen and oxygen atoms in total. The highest BCUT2D eigenvalue weighted by Gasteiger charge is 2.32. The summed E-state index contributed by atoms with van der Waals surface area (Å²) in [6.07, 6.45) is 1.32. The van der Waals surface area contributed by atoms with E-state index in [9.17, 15) is 17.6 Å². The number of nitrogens with zero attached hydrogens (tertiary/aromatic N) is 1. The highest BCUT2D eigenvalue weighted by atomic mass is 35.5. The first-order valence-electron chi connectivity index (χ1n) is 8.86. The van der Waals surface area contributed by atoms with Gasteiger partial charge in [0.1, 0.15) is 11.9 Å². The number of amides is 1. The summed E-state index contributed by atoms with van der Waals surface area (Å²) in [6.45, 7) is 5.30. The van der Waals surface area contributed by atoms with Crippen molar-refractivity contribution in [2.75, 3.05) is 10.6 Å². The summed E-state index contributed by atoms with van der Waals surface area (Å²) in [5, 5.41) is 3.23. The van der Waals surface area contributed by atoms with E-state index >= 15 is 0 Å². The van der Waals surface area contributed by atoms with Gasteiger partial charge in [-0.15, -0.1) is 0 Å². The van der Waals surface area contributed by atoms with E-state index in [1.807, 2.05) is 6.92 Å². The van der Waals surface area contributed by atoms with Crippen molar-refractivity contribution in [2.24, 2.45) is 0 Å². The van der Waals surface area contributed by atoms with Gasteiger partial charge in [0.2, 0.25) is 15.9 Å². The summed E-state index contributed by atoms with van der Waals surface area (Å²) in [7, 11) is -3.75. The fourth-order valence-electron chi connectivity index (χ4n) is 2.92. The van der Waals surface area contributed by atoms with Crippen molar-refractivity contribution in [3.05, 3.63) is 64.4 Å². The SMILES string of the molecule is CC[C@H](C(=O)N[C@H](C)c1ccc(F)cc1)N(c1ccc(C)c(Cl)c1)S(C)(=O)=O. The van der Waals surface area contributed by atoms with Crippen LogP contribution >= 0.6 is 11.6 Å². The number of halogens is 2. The monoisotopic (exact) mass is 426 g/mol. The van der Waals surface area contributed by atoms with Gasteiger partial charge in [-0.05, 0) is 55.7 Å². The summed E-state index contributed by atoms with van der Waals surface area (Å²) in [6, 6.07) is 9.30. The first-order valence-corrected chi connectivity index (χ1v) is 11.1. The summed E-state index contributed by atoms with van der Waals surface area (Å²) in [5.74, 6) is -0.811. The lowest BCUT2D eigenvalue weighted by molar-refractivity contribution is -0.122. The Morgan fingerprint density at radius 3 is 2.32 bits per heavy atom. The van der Waals surface area contributed by atoms with Gasteiger partial charge >= 0.3 is 0 Å². The molecule has 0 saturated heterocycles. The number of hydrogen-bond donors (Lipinski definition) is 1. The zero-order valence-electron chi connectivity index (χ0n) is 16.2. The van der Waals surface area contributed by atoms with Gasteiger partial charge < -0.3 is 5.32 Å². The second-order valence-electron chi connectivity index (χ2n) is 6.70. The number of nitrogens with one attached hydrogen (secondary N) is 1. The Morgan fingerprint density at radius 1 is 1.21 bits per heavy atom. The third-order valence-electron chi connectivity index (χ3n) is 4.47. The fraction of sp³-hybridized carbons (Fsp3) is 0.350. The second kappa shape index (κ2) is 8.92. The van der Waals surface area contributed by atoms with Crippen LogP contribution in [0.2, 0.25) is 5.02 Å². The molecule has 28 heavy (non-hydrogen) atoms. The lowest BCUT2D eigenvalue weighted by Crippen LogP contribution is -2.49. The molecule has 0 bridgehead atoms. The highest BCUT2D eigenvalue weighted by Crippen LogP contribution is 2.28. The number of benzene rings is 2. The van der Waals surface area contributed by atoms with Crippen LogP contribution in [0.3, 0.4) is 0 Å². The summed E-state index contributed by atoms with van der Waals surface area (Å²) in [4.78, 5) is 12.9. The lowest BCUT2D eigenvalue weighted by atomic mass is 10.1. The number of anilines is 1. The number of hydrogen-bond acceptors (Lipinski definition) is 3. The average Bonchev–Trinajstić information content (AvgIpc) is 2.61. The van der Waals surface area contributed by atoms with Crippen LogP contribution in [0.1, 0.15) is 37.4 Å². The van der Waals surface area contributed by atoms with Crippen molar-refractivity contribution >= 4 is 33.2 Å². The third kappa shape index (κ3) is 5.23. The molecule has 152 valence electrons. The Bertz CT molecular complexity index is 948. The molecular weight excluding hydrogens is 403 g/mol. The maximum atomic E-state index is 13.1. The maximum Gasteiger partial charge on any atom is 0.244 e. The Hall–Kier alpha value is -2.12. The van der Waals surface area contributed by atoms with Crippen molar-refractivity contribution < 1.29 is 17.6 Å². The topological polar surface area (TPSA) is 66.5 Å². The molecule has 1 N–H and O–H groups in total. The molecule has 2 rings (SSSR count). The molecule has 2 aromatic rings. The van der Waals surface area contributed by atoms with Gasteiger partial charge in [0, 0.05) is 5.02 Å². The highest BCUT2D eigenvalue weighted by molar-refractivity contribution is 7.92. The smallest absolute Gasteiger partial charge is 0.244 e. The van der Waals surface area contributed by atoms with E-state index in [0.29, 0.717) is 16.3 Å². The van der Waals surface area contributed by atoms with Crippen molar-refractivity contribution in [1.29, 1.82) is 0 Å². The van der Waals surface area contributed by atoms with Crippen LogP contribution in [0, 0.1) is 12.7 Å². The second-order valence-corrected chi connectivity index (χ2v) is 8.96. The Labute approximate surface area is 170 Å². The maximum absolute atomic E-state index is 13.1. The van der Waals surface area contributed by atoms with Gasteiger partial charge in [0.25, 0.3) is 0 Å².